The van der Waals surface area contributed by atoms with Gasteiger partial charge in [0.05, 0.1) is 18.8 Å². The van der Waals surface area contributed by atoms with Crippen molar-refractivity contribution in [2.24, 2.45) is 5.92 Å². The van der Waals surface area contributed by atoms with Gasteiger partial charge >= 0.3 is 5.97 Å². The molecule has 1 aromatic rings. The van der Waals surface area contributed by atoms with E-state index in [1.54, 1.807) is 12.1 Å². The summed E-state index contributed by atoms with van der Waals surface area (Å²) in [6.07, 6.45) is 0. The number of nitrogens with zero attached hydrogens (tertiary/aromatic N) is 3. The molecular formula is C16H21ClN4O3. The van der Waals surface area contributed by atoms with Crippen molar-refractivity contribution in [3.05, 3.63) is 34.2 Å². The molecule has 1 N–H and O–H groups in total. The van der Waals surface area contributed by atoms with Crippen molar-refractivity contribution < 1.29 is 14.3 Å². The van der Waals surface area contributed by atoms with Gasteiger partial charge in [0, 0.05) is 12.3 Å². The lowest BCUT2D eigenvalue weighted by atomic mass is 10.0. The highest BCUT2D eigenvalue weighted by molar-refractivity contribution is 6.29. The number of esters is 1. The molecule has 1 aromatic heterocycles. The number of hydrogen-bond acceptors (Lipinski definition) is 7. The molecule has 0 spiro atoms. The highest BCUT2D eigenvalue weighted by Crippen LogP contribution is 2.14. The maximum atomic E-state index is 12.1. The van der Waals surface area contributed by atoms with Gasteiger partial charge in [-0.15, -0.1) is 5.10 Å². The van der Waals surface area contributed by atoms with Crippen LogP contribution < -0.4 is 5.32 Å². The first-order chi connectivity index (χ1) is 11.5. The second kappa shape index (κ2) is 10.6. The molecule has 0 amide bonds. The second-order valence-corrected chi connectivity index (χ2v) is 5.48. The Hall–Kier alpha value is -2.17. The van der Waals surface area contributed by atoms with Gasteiger partial charge in [0.25, 0.3) is 0 Å². The van der Waals surface area contributed by atoms with Gasteiger partial charge in [0.1, 0.15) is 12.7 Å². The van der Waals surface area contributed by atoms with Crippen molar-refractivity contribution >= 4 is 17.6 Å². The lowest BCUT2D eigenvalue weighted by Crippen LogP contribution is -2.24. The Bertz CT molecular complexity index is 609. The molecule has 0 atom stereocenters. The van der Waals surface area contributed by atoms with Gasteiger partial charge in [-0.25, -0.2) is 4.79 Å². The van der Waals surface area contributed by atoms with Gasteiger partial charge in [-0.05, 0) is 25.0 Å². The van der Waals surface area contributed by atoms with Crippen LogP contribution >= 0.6 is 11.6 Å². The molecule has 0 aliphatic carbocycles. The zero-order chi connectivity index (χ0) is 17.9. The molecule has 130 valence electrons. The third kappa shape index (κ3) is 6.52. The van der Waals surface area contributed by atoms with Gasteiger partial charge in [-0.3, -0.25) is 0 Å². The van der Waals surface area contributed by atoms with Crippen LogP contribution in [-0.4, -0.2) is 36.0 Å². The predicted molar refractivity (Wildman–Crippen MR) is 88.8 cm³/mol. The summed E-state index contributed by atoms with van der Waals surface area (Å²) in [6.45, 7) is 6.86. The van der Waals surface area contributed by atoms with Gasteiger partial charge in [0.2, 0.25) is 0 Å². The van der Waals surface area contributed by atoms with Crippen LogP contribution in [0.4, 0.5) is 0 Å². The Morgan fingerprint density at radius 2 is 2.12 bits per heavy atom. The van der Waals surface area contributed by atoms with Crippen LogP contribution in [0.2, 0.25) is 5.15 Å². The molecule has 0 saturated heterocycles. The number of carbonyl (C=O) groups is 1. The largest absolute Gasteiger partial charge is 0.459 e. The molecule has 7 nitrogen and oxygen atoms in total. The van der Waals surface area contributed by atoms with E-state index in [2.05, 4.69) is 15.5 Å². The van der Waals surface area contributed by atoms with Gasteiger partial charge in [-0.1, -0.05) is 25.4 Å². The molecule has 0 aliphatic heterocycles. The number of halogens is 1. The fourth-order valence-corrected chi connectivity index (χ4v) is 1.93. The zero-order valence-electron chi connectivity index (χ0n) is 14.0. The fourth-order valence-electron chi connectivity index (χ4n) is 1.83. The normalized spacial score (nSPS) is 11.7. The first-order valence-corrected chi connectivity index (χ1v) is 7.98. The molecule has 0 unspecified atom stereocenters. The van der Waals surface area contributed by atoms with E-state index in [4.69, 9.17) is 21.1 Å². The van der Waals surface area contributed by atoms with E-state index in [0.29, 0.717) is 36.3 Å². The Morgan fingerprint density at radius 3 is 2.67 bits per heavy atom. The minimum Gasteiger partial charge on any atom is -0.459 e. The Kier molecular flexibility index (Phi) is 8.76. The molecule has 0 aromatic carbocycles. The summed E-state index contributed by atoms with van der Waals surface area (Å²) in [5, 5.41) is 20.4. The van der Waals surface area contributed by atoms with Crippen LogP contribution in [0.25, 0.3) is 0 Å². The van der Waals surface area contributed by atoms with Crippen molar-refractivity contribution in [2.75, 3.05) is 19.8 Å². The van der Waals surface area contributed by atoms with E-state index in [9.17, 15) is 10.1 Å². The van der Waals surface area contributed by atoms with Gasteiger partial charge in [-0.2, -0.15) is 10.4 Å². The minimum absolute atomic E-state index is 0.0524. The predicted octanol–water partition coefficient (Wildman–Crippen LogP) is 2.23. The molecule has 0 fully saturated rings. The summed E-state index contributed by atoms with van der Waals surface area (Å²) in [6, 6.07) is 5.25. The summed E-state index contributed by atoms with van der Waals surface area (Å²) in [5.74, 6) is -0.741. The molecule has 1 heterocycles. The number of allylic oxidation sites excluding steroid dienone is 1. The number of aromatic nitrogens is 2. The summed E-state index contributed by atoms with van der Waals surface area (Å²) < 4.78 is 10.2. The average molecular weight is 353 g/mol. The van der Waals surface area contributed by atoms with E-state index in [1.165, 1.54) is 0 Å². The van der Waals surface area contributed by atoms with Crippen molar-refractivity contribution in [3.8, 4) is 6.07 Å². The third-order valence-corrected chi connectivity index (χ3v) is 3.18. The smallest absolute Gasteiger partial charge is 0.350 e. The third-order valence-electron chi connectivity index (χ3n) is 2.97. The first kappa shape index (κ1) is 19.9. The van der Waals surface area contributed by atoms with Crippen LogP contribution in [0.15, 0.2) is 23.4 Å². The maximum Gasteiger partial charge on any atom is 0.350 e. The first-order valence-electron chi connectivity index (χ1n) is 7.60. The summed E-state index contributed by atoms with van der Waals surface area (Å²) in [7, 11) is 0. The van der Waals surface area contributed by atoms with E-state index in [-0.39, 0.29) is 18.1 Å². The number of hydrogen-bond donors (Lipinski definition) is 1. The highest BCUT2D eigenvalue weighted by atomic mass is 35.5. The summed E-state index contributed by atoms with van der Waals surface area (Å²) in [4.78, 5) is 12.1. The van der Waals surface area contributed by atoms with Crippen LogP contribution in [0.3, 0.4) is 0 Å². The standard InChI is InChI=1S/C16H21ClN4O3/c1-4-23-7-8-24-16(22)13(9-18)15(11(2)3)19-10-12-5-6-14(17)21-20-12/h5-6,11,19H,4,7-8,10H2,1-3H3/b15-13-. The van der Waals surface area contributed by atoms with Gasteiger partial charge in [0.15, 0.2) is 10.7 Å². The highest BCUT2D eigenvalue weighted by Gasteiger charge is 2.19. The Labute approximate surface area is 146 Å². The maximum absolute atomic E-state index is 12.1. The molecule has 1 rings (SSSR count). The molecule has 0 bridgehead atoms. The van der Waals surface area contributed by atoms with Crippen LogP contribution in [0.5, 0.6) is 0 Å². The number of carbonyl (C=O) groups excluding carboxylic acids is 1. The Balaban J connectivity index is 2.80. The van der Waals surface area contributed by atoms with Crippen molar-refractivity contribution in [1.82, 2.24) is 15.5 Å². The van der Waals surface area contributed by atoms with E-state index in [0.717, 1.165) is 0 Å². The molecular weight excluding hydrogens is 332 g/mol. The summed E-state index contributed by atoms with van der Waals surface area (Å²) >= 11 is 5.69. The van der Waals surface area contributed by atoms with E-state index >= 15 is 0 Å². The SMILES string of the molecule is CCOCCOC(=O)/C(C#N)=C(\NCc1ccc(Cl)nn1)C(C)C. The summed E-state index contributed by atoms with van der Waals surface area (Å²) in [5.41, 5.74) is 1.08. The van der Waals surface area contributed by atoms with E-state index in [1.807, 2.05) is 26.8 Å². The minimum atomic E-state index is -0.671. The fraction of sp³-hybridized carbons (Fsp3) is 0.500. The molecule has 0 radical (unpaired) electrons. The van der Waals surface area contributed by atoms with Crippen molar-refractivity contribution in [3.63, 3.8) is 0 Å². The van der Waals surface area contributed by atoms with E-state index < -0.39 is 5.97 Å². The van der Waals surface area contributed by atoms with Crippen LogP contribution in [0, 0.1) is 17.2 Å². The average Bonchev–Trinajstić information content (AvgIpc) is 2.56. The topological polar surface area (TPSA) is 97.1 Å². The monoisotopic (exact) mass is 352 g/mol. The number of ether oxygens (including phenoxy) is 2. The number of rotatable bonds is 9. The Morgan fingerprint density at radius 1 is 1.38 bits per heavy atom. The van der Waals surface area contributed by atoms with Crippen LogP contribution in [0.1, 0.15) is 26.5 Å². The van der Waals surface area contributed by atoms with Crippen molar-refractivity contribution in [2.45, 2.75) is 27.3 Å². The number of nitriles is 1. The quantitative estimate of drug-likeness (QED) is 0.315. The van der Waals surface area contributed by atoms with Crippen LogP contribution in [-0.2, 0) is 20.8 Å². The van der Waals surface area contributed by atoms with Crippen molar-refractivity contribution in [1.29, 1.82) is 5.26 Å². The van der Waals surface area contributed by atoms with Gasteiger partial charge < -0.3 is 14.8 Å². The lowest BCUT2D eigenvalue weighted by molar-refractivity contribution is -0.140. The lowest BCUT2D eigenvalue weighted by Gasteiger charge is -2.16. The zero-order valence-corrected chi connectivity index (χ0v) is 14.8. The molecule has 24 heavy (non-hydrogen) atoms. The molecule has 0 saturated carbocycles. The molecule has 8 heteroatoms. The second-order valence-electron chi connectivity index (χ2n) is 5.09. The number of nitrogens with one attached hydrogen (secondary N) is 1. The molecule has 0 aliphatic rings.